The average Bonchev–Trinajstić information content (AvgIpc) is 2.71. The minimum Gasteiger partial charge on any atom is -0.356 e. The Morgan fingerprint density at radius 3 is 2.04 bits per heavy atom. The van der Waals surface area contributed by atoms with Crippen LogP contribution in [0.3, 0.4) is 0 Å². The number of rotatable bonds is 13. The lowest BCUT2D eigenvalue weighted by Gasteiger charge is -2.20. The Kier molecular flexibility index (Phi) is 10.5. The average molecular weight is 373 g/mol. The molecule has 0 spiro atoms. The molecule has 0 fully saturated rings. The van der Waals surface area contributed by atoms with Crippen molar-refractivity contribution in [3.63, 3.8) is 0 Å². The van der Waals surface area contributed by atoms with Crippen molar-refractivity contribution in [1.82, 2.24) is 5.32 Å². The van der Waals surface area contributed by atoms with Crippen molar-refractivity contribution in [2.24, 2.45) is 0 Å². The van der Waals surface area contributed by atoms with E-state index < -0.39 is 0 Å². The Morgan fingerprint density at radius 1 is 0.885 bits per heavy atom. The zero-order chi connectivity index (χ0) is 18.5. The maximum Gasteiger partial charge on any atom is 0.146 e. The third-order valence-corrected chi connectivity index (χ3v) is 6.92. The van der Waals surface area contributed by atoms with Crippen molar-refractivity contribution in [2.75, 3.05) is 32.7 Å². The first-order valence-corrected chi connectivity index (χ1v) is 11.1. The van der Waals surface area contributed by atoms with E-state index in [2.05, 4.69) is 72.9 Å². The van der Waals surface area contributed by atoms with E-state index >= 15 is 0 Å². The topological polar surface area (TPSA) is 30.5 Å². The third-order valence-electron chi connectivity index (χ3n) is 4.31. The first-order chi connectivity index (χ1) is 12.8. The van der Waals surface area contributed by atoms with E-state index in [-0.39, 0.29) is 7.92 Å². The molecule has 26 heavy (non-hydrogen) atoms. The van der Waals surface area contributed by atoms with Gasteiger partial charge in [-0.15, -0.1) is 0 Å². The fourth-order valence-corrected chi connectivity index (χ4v) is 5.17. The second-order valence-corrected chi connectivity index (χ2v) is 8.55. The lowest BCUT2D eigenvalue weighted by molar-refractivity contribution is -0.0558. The summed E-state index contributed by atoms with van der Waals surface area (Å²) in [5, 5.41) is 6.55. The molecule has 0 heterocycles. The maximum absolute atomic E-state index is 5.56. The van der Waals surface area contributed by atoms with Crippen LogP contribution in [-0.4, -0.2) is 38.8 Å². The molecule has 0 aliphatic heterocycles. The van der Waals surface area contributed by atoms with Crippen LogP contribution in [0.1, 0.15) is 26.7 Å². The molecule has 1 atom stereocenters. The highest BCUT2D eigenvalue weighted by Gasteiger charge is 2.13. The Balaban J connectivity index is 1.82. The van der Waals surface area contributed by atoms with Crippen molar-refractivity contribution >= 4 is 18.5 Å². The van der Waals surface area contributed by atoms with E-state index in [0.29, 0.717) is 26.0 Å². The van der Waals surface area contributed by atoms with Crippen LogP contribution in [0.5, 0.6) is 0 Å². The van der Waals surface area contributed by atoms with Crippen LogP contribution >= 0.6 is 7.92 Å². The first-order valence-electron chi connectivity index (χ1n) is 9.61. The van der Waals surface area contributed by atoms with Gasteiger partial charge in [-0.05, 0) is 51.0 Å². The van der Waals surface area contributed by atoms with E-state index in [1.807, 2.05) is 6.92 Å². The van der Waals surface area contributed by atoms with Crippen molar-refractivity contribution in [2.45, 2.75) is 32.7 Å². The van der Waals surface area contributed by atoms with Gasteiger partial charge < -0.3 is 14.8 Å². The predicted molar refractivity (Wildman–Crippen MR) is 113 cm³/mol. The highest BCUT2D eigenvalue weighted by molar-refractivity contribution is 7.73. The summed E-state index contributed by atoms with van der Waals surface area (Å²) in [6.45, 7) is 7.01. The number of benzene rings is 2. The number of hydrogen-bond acceptors (Lipinski definition) is 3. The Bertz CT molecular complexity index is 540. The summed E-state index contributed by atoms with van der Waals surface area (Å²) >= 11 is 0. The van der Waals surface area contributed by atoms with Crippen LogP contribution in [0.15, 0.2) is 60.7 Å². The van der Waals surface area contributed by atoms with Crippen molar-refractivity contribution in [3.8, 4) is 0 Å². The van der Waals surface area contributed by atoms with Gasteiger partial charge in [0.05, 0.1) is 6.61 Å². The van der Waals surface area contributed by atoms with Gasteiger partial charge in [-0.2, -0.15) is 0 Å². The summed E-state index contributed by atoms with van der Waals surface area (Å²) in [5.41, 5.74) is 0. The lowest BCUT2D eigenvalue weighted by atomic mass is 10.2. The molecule has 0 aliphatic rings. The normalized spacial score (nSPS) is 12.4. The van der Waals surface area contributed by atoms with Crippen molar-refractivity contribution in [3.05, 3.63) is 60.7 Å². The molecule has 0 aliphatic carbocycles. The summed E-state index contributed by atoms with van der Waals surface area (Å²) in [4.78, 5) is 0. The molecule has 2 aromatic rings. The molecule has 2 rings (SSSR count). The third kappa shape index (κ3) is 7.55. The van der Waals surface area contributed by atoms with Crippen LogP contribution in [0.4, 0.5) is 0 Å². The molecule has 0 amide bonds. The van der Waals surface area contributed by atoms with Gasteiger partial charge in [-0.25, -0.2) is 0 Å². The highest BCUT2D eigenvalue weighted by Crippen LogP contribution is 2.33. The molecule has 0 aromatic heterocycles. The smallest absolute Gasteiger partial charge is 0.146 e. The van der Waals surface area contributed by atoms with Gasteiger partial charge >= 0.3 is 0 Å². The molecule has 0 saturated heterocycles. The number of hydrogen-bond donors (Lipinski definition) is 1. The van der Waals surface area contributed by atoms with Crippen molar-refractivity contribution in [1.29, 1.82) is 0 Å². The standard InChI is InChI=1S/C22H32NO2P/c1-3-20(18-25-19-24-4-2)23-16-11-17-26(21-12-7-5-8-13-21)22-14-9-6-10-15-22/h5-10,12-15,20,23H,3-4,11,16-19H2,1-2H3/t20-/m1/s1. The molecule has 1 N–H and O–H groups in total. The fraction of sp³-hybridized carbons (Fsp3) is 0.455. The predicted octanol–water partition coefficient (Wildman–Crippen LogP) is 3.89. The summed E-state index contributed by atoms with van der Waals surface area (Å²) in [6, 6.07) is 22.2. The summed E-state index contributed by atoms with van der Waals surface area (Å²) < 4.78 is 10.8. The Labute approximate surface area is 159 Å². The molecule has 0 radical (unpaired) electrons. The quantitative estimate of drug-likeness (QED) is 0.328. The zero-order valence-electron chi connectivity index (χ0n) is 16.1. The molecule has 142 valence electrons. The van der Waals surface area contributed by atoms with E-state index in [1.165, 1.54) is 16.8 Å². The van der Waals surface area contributed by atoms with Gasteiger partial charge in [0.2, 0.25) is 0 Å². The summed E-state index contributed by atoms with van der Waals surface area (Å²) in [7, 11) is -0.293. The molecular weight excluding hydrogens is 341 g/mol. The van der Waals surface area contributed by atoms with Crippen LogP contribution in [0.25, 0.3) is 0 Å². The van der Waals surface area contributed by atoms with Crippen molar-refractivity contribution < 1.29 is 9.47 Å². The summed E-state index contributed by atoms with van der Waals surface area (Å²) in [5.74, 6) is 0. The SMILES string of the molecule is CCOCOC[C@@H](CC)NCCCP(c1ccccc1)c1ccccc1. The van der Waals surface area contributed by atoms with Gasteiger partial charge in [-0.1, -0.05) is 67.6 Å². The largest absolute Gasteiger partial charge is 0.356 e. The van der Waals surface area contributed by atoms with Gasteiger partial charge in [-0.3, -0.25) is 0 Å². The minimum atomic E-state index is -0.293. The molecule has 4 heteroatoms. The van der Waals surface area contributed by atoms with E-state index in [1.54, 1.807) is 0 Å². The summed E-state index contributed by atoms with van der Waals surface area (Å²) in [6.07, 6.45) is 3.43. The zero-order valence-corrected chi connectivity index (χ0v) is 17.0. The monoisotopic (exact) mass is 373 g/mol. The second kappa shape index (κ2) is 13.0. The lowest BCUT2D eigenvalue weighted by Crippen LogP contribution is -2.34. The highest BCUT2D eigenvalue weighted by atomic mass is 31.1. The molecule has 3 nitrogen and oxygen atoms in total. The molecule has 0 saturated carbocycles. The number of ether oxygens (including phenoxy) is 2. The van der Waals surface area contributed by atoms with Crippen LogP contribution in [0, 0.1) is 0 Å². The number of nitrogens with one attached hydrogen (secondary N) is 1. The molecule has 0 unspecified atom stereocenters. The van der Waals surface area contributed by atoms with Gasteiger partial charge in [0.25, 0.3) is 0 Å². The maximum atomic E-state index is 5.56. The second-order valence-electron chi connectivity index (χ2n) is 6.22. The van der Waals surface area contributed by atoms with Gasteiger partial charge in [0, 0.05) is 12.6 Å². The molecular formula is C22H32NO2P. The Hall–Kier alpha value is -1.25. The molecule has 2 aromatic carbocycles. The molecule has 0 bridgehead atoms. The van der Waals surface area contributed by atoms with E-state index in [0.717, 1.165) is 19.4 Å². The van der Waals surface area contributed by atoms with Gasteiger partial charge in [0.1, 0.15) is 6.79 Å². The Morgan fingerprint density at radius 2 is 1.50 bits per heavy atom. The van der Waals surface area contributed by atoms with Crippen LogP contribution in [-0.2, 0) is 9.47 Å². The van der Waals surface area contributed by atoms with Crippen LogP contribution in [0.2, 0.25) is 0 Å². The van der Waals surface area contributed by atoms with E-state index in [9.17, 15) is 0 Å². The van der Waals surface area contributed by atoms with Gasteiger partial charge in [0.15, 0.2) is 0 Å². The fourth-order valence-electron chi connectivity index (χ4n) is 2.82. The first kappa shape index (κ1) is 21.1. The van der Waals surface area contributed by atoms with Crippen LogP contribution < -0.4 is 15.9 Å². The minimum absolute atomic E-state index is 0.293. The van der Waals surface area contributed by atoms with E-state index in [4.69, 9.17) is 9.47 Å².